The Morgan fingerprint density at radius 3 is 2.62 bits per heavy atom. The Morgan fingerprint density at radius 2 is 1.94 bits per heavy atom. The third kappa shape index (κ3) is 2.56. The minimum atomic E-state index is 0.314. The van der Waals surface area contributed by atoms with Crippen LogP contribution in [0.5, 0.6) is 0 Å². The van der Waals surface area contributed by atoms with E-state index in [1.807, 2.05) is 0 Å². The zero-order valence-corrected chi connectivity index (χ0v) is 10.3. The topological polar surface area (TPSA) is 38.0 Å². The Bertz CT molecular complexity index is 360. The minimum absolute atomic E-state index is 0.314. The molecule has 0 aromatic heterocycles. The summed E-state index contributed by atoms with van der Waals surface area (Å²) in [6.07, 6.45) is 4.94. The van der Waals surface area contributed by atoms with Crippen LogP contribution in [-0.4, -0.2) is 12.1 Å². The van der Waals surface area contributed by atoms with Crippen LogP contribution in [-0.2, 0) is 0 Å². The average Bonchev–Trinajstić information content (AvgIpc) is 2.25. The van der Waals surface area contributed by atoms with Gasteiger partial charge in [0.25, 0.3) is 0 Å². The first-order valence-electron chi connectivity index (χ1n) is 6.26. The summed E-state index contributed by atoms with van der Waals surface area (Å²) in [7, 11) is 0. The first kappa shape index (κ1) is 11.5. The molecule has 2 rings (SSSR count). The normalized spacial score (nSPS) is 25.4. The number of hydrogen-bond acceptors (Lipinski definition) is 2. The largest absolute Gasteiger partial charge is 0.381 e. The van der Waals surface area contributed by atoms with Gasteiger partial charge >= 0.3 is 0 Å². The quantitative estimate of drug-likeness (QED) is 0.801. The molecule has 0 amide bonds. The van der Waals surface area contributed by atoms with Crippen LogP contribution in [0.15, 0.2) is 18.2 Å². The molecular formula is C14H22N2. The fourth-order valence-corrected chi connectivity index (χ4v) is 2.51. The maximum Gasteiger partial charge on any atom is 0.0412 e. The van der Waals surface area contributed by atoms with Gasteiger partial charge in [0.1, 0.15) is 0 Å². The highest BCUT2D eigenvalue weighted by atomic mass is 15.0. The molecule has 1 saturated carbocycles. The Labute approximate surface area is 98.2 Å². The third-order valence-corrected chi connectivity index (χ3v) is 3.54. The maximum absolute atomic E-state index is 6.14. The van der Waals surface area contributed by atoms with Crippen LogP contribution < -0.4 is 11.1 Å². The lowest BCUT2D eigenvalue weighted by Gasteiger charge is -2.30. The lowest BCUT2D eigenvalue weighted by atomic mass is 9.90. The van der Waals surface area contributed by atoms with Crippen LogP contribution in [0.3, 0.4) is 0 Å². The lowest BCUT2D eigenvalue weighted by molar-refractivity contribution is 0.404. The van der Waals surface area contributed by atoms with Crippen LogP contribution in [0.2, 0.25) is 0 Å². The summed E-state index contributed by atoms with van der Waals surface area (Å²) >= 11 is 0. The van der Waals surface area contributed by atoms with Gasteiger partial charge in [0.15, 0.2) is 0 Å². The number of nitrogens with one attached hydrogen (secondary N) is 1. The average molecular weight is 218 g/mol. The second-order valence-electron chi connectivity index (χ2n) is 5.02. The number of rotatable bonds is 2. The van der Waals surface area contributed by atoms with Crippen LogP contribution in [0.4, 0.5) is 5.69 Å². The van der Waals surface area contributed by atoms with Crippen molar-refractivity contribution in [2.45, 2.75) is 51.6 Å². The van der Waals surface area contributed by atoms with E-state index in [4.69, 9.17) is 5.73 Å². The van der Waals surface area contributed by atoms with E-state index in [0.29, 0.717) is 12.1 Å². The molecule has 1 aromatic rings. The van der Waals surface area contributed by atoms with Crippen LogP contribution in [0.25, 0.3) is 0 Å². The summed E-state index contributed by atoms with van der Waals surface area (Å²) in [6.45, 7) is 4.28. The maximum atomic E-state index is 6.14. The predicted molar refractivity (Wildman–Crippen MR) is 69.8 cm³/mol. The second kappa shape index (κ2) is 4.88. The van der Waals surface area contributed by atoms with Gasteiger partial charge in [-0.15, -0.1) is 0 Å². The number of nitrogens with two attached hydrogens (primary N) is 1. The fourth-order valence-electron chi connectivity index (χ4n) is 2.51. The molecule has 0 bridgehead atoms. The van der Waals surface area contributed by atoms with E-state index < -0.39 is 0 Å². The van der Waals surface area contributed by atoms with Crippen molar-refractivity contribution < 1.29 is 0 Å². The van der Waals surface area contributed by atoms with Gasteiger partial charge in [0.05, 0.1) is 0 Å². The standard InChI is InChI=1S/C14H22N2/c1-10-7-8-13(11(2)9-10)16-14-6-4-3-5-12(14)15/h7-9,12,14,16H,3-6,15H2,1-2H3/t12-,14-/m0/s1. The van der Waals surface area contributed by atoms with E-state index in [2.05, 4.69) is 37.4 Å². The van der Waals surface area contributed by atoms with Crippen molar-refractivity contribution in [3.63, 3.8) is 0 Å². The van der Waals surface area contributed by atoms with Gasteiger partial charge in [0.2, 0.25) is 0 Å². The molecule has 1 aliphatic rings. The molecule has 0 unspecified atom stereocenters. The Kier molecular flexibility index (Phi) is 3.49. The zero-order chi connectivity index (χ0) is 11.5. The molecule has 0 heterocycles. The summed E-state index contributed by atoms with van der Waals surface area (Å²) < 4.78 is 0. The zero-order valence-electron chi connectivity index (χ0n) is 10.3. The molecule has 1 aromatic carbocycles. The molecule has 1 aliphatic carbocycles. The van der Waals surface area contributed by atoms with E-state index in [-0.39, 0.29) is 0 Å². The molecule has 1 fully saturated rings. The summed E-state index contributed by atoms with van der Waals surface area (Å²) in [6, 6.07) is 7.32. The van der Waals surface area contributed by atoms with E-state index >= 15 is 0 Å². The smallest absolute Gasteiger partial charge is 0.0412 e. The third-order valence-electron chi connectivity index (χ3n) is 3.54. The Morgan fingerprint density at radius 1 is 1.19 bits per heavy atom. The van der Waals surface area contributed by atoms with Gasteiger partial charge in [-0.2, -0.15) is 0 Å². The first-order chi connectivity index (χ1) is 7.66. The van der Waals surface area contributed by atoms with Crippen molar-refractivity contribution in [2.75, 3.05) is 5.32 Å². The van der Waals surface area contributed by atoms with Crippen LogP contribution >= 0.6 is 0 Å². The van der Waals surface area contributed by atoms with Crippen molar-refractivity contribution in [3.8, 4) is 0 Å². The van der Waals surface area contributed by atoms with Crippen molar-refractivity contribution >= 4 is 5.69 Å². The number of hydrogen-bond donors (Lipinski definition) is 2. The van der Waals surface area contributed by atoms with Crippen molar-refractivity contribution in [3.05, 3.63) is 29.3 Å². The predicted octanol–water partition coefficient (Wildman–Crippen LogP) is 2.99. The monoisotopic (exact) mass is 218 g/mol. The Hall–Kier alpha value is -1.02. The summed E-state index contributed by atoms with van der Waals surface area (Å²) in [5.74, 6) is 0. The highest BCUT2D eigenvalue weighted by Gasteiger charge is 2.21. The fraction of sp³-hybridized carbons (Fsp3) is 0.571. The van der Waals surface area contributed by atoms with E-state index in [1.54, 1.807) is 0 Å². The van der Waals surface area contributed by atoms with Crippen molar-refractivity contribution in [1.29, 1.82) is 0 Å². The molecule has 3 N–H and O–H groups in total. The van der Waals surface area contributed by atoms with Gasteiger partial charge in [-0.1, -0.05) is 30.5 Å². The van der Waals surface area contributed by atoms with Crippen LogP contribution in [0.1, 0.15) is 36.8 Å². The minimum Gasteiger partial charge on any atom is -0.381 e. The molecule has 0 spiro atoms. The number of anilines is 1. The molecular weight excluding hydrogens is 196 g/mol. The first-order valence-corrected chi connectivity index (χ1v) is 6.26. The summed E-state index contributed by atoms with van der Waals surface area (Å²) in [5, 5.41) is 3.60. The highest BCUT2D eigenvalue weighted by Crippen LogP contribution is 2.23. The molecule has 0 saturated heterocycles. The molecule has 0 radical (unpaired) electrons. The lowest BCUT2D eigenvalue weighted by Crippen LogP contribution is -2.42. The van der Waals surface area contributed by atoms with Gasteiger partial charge in [-0.25, -0.2) is 0 Å². The second-order valence-corrected chi connectivity index (χ2v) is 5.02. The van der Waals surface area contributed by atoms with Gasteiger partial charge in [-0.05, 0) is 38.3 Å². The van der Waals surface area contributed by atoms with E-state index in [1.165, 1.54) is 36.1 Å². The molecule has 2 nitrogen and oxygen atoms in total. The molecule has 0 aliphatic heterocycles. The molecule has 2 atom stereocenters. The molecule has 16 heavy (non-hydrogen) atoms. The molecule has 88 valence electrons. The summed E-state index contributed by atoms with van der Waals surface area (Å²) in [4.78, 5) is 0. The van der Waals surface area contributed by atoms with Gasteiger partial charge < -0.3 is 11.1 Å². The number of aryl methyl sites for hydroxylation is 2. The Balaban J connectivity index is 2.07. The molecule has 2 heteroatoms. The van der Waals surface area contributed by atoms with Crippen molar-refractivity contribution in [1.82, 2.24) is 0 Å². The number of benzene rings is 1. The van der Waals surface area contributed by atoms with Gasteiger partial charge in [-0.3, -0.25) is 0 Å². The van der Waals surface area contributed by atoms with E-state index in [0.717, 1.165) is 6.42 Å². The van der Waals surface area contributed by atoms with E-state index in [9.17, 15) is 0 Å². The summed E-state index contributed by atoms with van der Waals surface area (Å²) in [5.41, 5.74) is 10.0. The SMILES string of the molecule is Cc1ccc(N[C@H]2CCCC[C@@H]2N)c(C)c1. The van der Waals surface area contributed by atoms with Crippen LogP contribution in [0, 0.1) is 13.8 Å². The van der Waals surface area contributed by atoms with Gasteiger partial charge in [0, 0.05) is 17.8 Å². The van der Waals surface area contributed by atoms with Crippen molar-refractivity contribution in [2.24, 2.45) is 5.73 Å². The highest BCUT2D eigenvalue weighted by molar-refractivity contribution is 5.52.